The van der Waals surface area contributed by atoms with Crippen LogP contribution < -0.4 is 5.48 Å². The number of nitrogens with one attached hydrogen (secondary N) is 1. The molecule has 4 N–H and O–H groups in total. The summed E-state index contributed by atoms with van der Waals surface area (Å²) in [5.41, 5.74) is 0.137. The number of rotatable bonds is 4. The minimum Gasteiger partial charge on any atom is -0.389 e. The molecule has 0 radical (unpaired) electrons. The summed E-state index contributed by atoms with van der Waals surface area (Å²) in [6.07, 6.45) is -0.265. The van der Waals surface area contributed by atoms with E-state index < -0.39 is 11.8 Å². The topological polar surface area (TPSA) is 72.7 Å². The van der Waals surface area contributed by atoms with Crippen molar-refractivity contribution in [3.05, 3.63) is 0 Å². The summed E-state index contributed by atoms with van der Waals surface area (Å²) in [5.74, 6) is 0. The average molecular weight is 149 g/mol. The van der Waals surface area contributed by atoms with Crippen LogP contribution in [0.3, 0.4) is 0 Å². The molecule has 0 aliphatic carbocycles. The zero-order valence-corrected chi connectivity index (χ0v) is 6.33. The first-order valence-corrected chi connectivity index (χ1v) is 3.42. The Hall–Kier alpha value is -0.160. The van der Waals surface area contributed by atoms with Crippen LogP contribution in [0.2, 0.25) is 0 Å². The van der Waals surface area contributed by atoms with Gasteiger partial charge in [0.1, 0.15) is 0 Å². The number of aliphatic hydroxyl groups is 2. The molecule has 0 aromatic heterocycles. The van der Waals surface area contributed by atoms with Crippen molar-refractivity contribution in [2.45, 2.75) is 38.5 Å². The van der Waals surface area contributed by atoms with E-state index in [0.29, 0.717) is 6.42 Å². The maximum absolute atomic E-state index is 9.29. The summed E-state index contributed by atoms with van der Waals surface area (Å²) in [5, 5.41) is 26.8. The molecule has 10 heavy (non-hydrogen) atoms. The fourth-order valence-corrected chi connectivity index (χ4v) is 0.727. The van der Waals surface area contributed by atoms with Crippen LogP contribution >= 0.6 is 0 Å². The molecule has 0 aromatic rings. The van der Waals surface area contributed by atoms with Gasteiger partial charge in [-0.1, -0.05) is 13.8 Å². The molecule has 0 heterocycles. The molecule has 2 unspecified atom stereocenters. The molecule has 0 spiro atoms. The Labute approximate surface area is 60.5 Å². The van der Waals surface area contributed by atoms with Gasteiger partial charge < -0.3 is 15.4 Å². The Morgan fingerprint density at radius 2 is 2.00 bits per heavy atom. The van der Waals surface area contributed by atoms with Crippen LogP contribution in [0.4, 0.5) is 0 Å². The fraction of sp³-hybridized carbons (Fsp3) is 1.00. The van der Waals surface area contributed by atoms with Crippen LogP contribution in [0.15, 0.2) is 0 Å². The minimum atomic E-state index is -1.55. The van der Waals surface area contributed by atoms with E-state index in [4.69, 9.17) is 10.3 Å². The maximum atomic E-state index is 9.29. The first-order valence-electron chi connectivity index (χ1n) is 3.42. The lowest BCUT2D eigenvalue weighted by molar-refractivity contribution is -0.163. The van der Waals surface area contributed by atoms with Gasteiger partial charge in [0.2, 0.25) is 0 Å². The van der Waals surface area contributed by atoms with Crippen molar-refractivity contribution in [2.75, 3.05) is 0 Å². The summed E-state index contributed by atoms with van der Waals surface area (Å²) < 4.78 is 0. The second kappa shape index (κ2) is 3.88. The van der Waals surface area contributed by atoms with Crippen molar-refractivity contribution < 1.29 is 15.4 Å². The molecule has 0 amide bonds. The van der Waals surface area contributed by atoms with Crippen molar-refractivity contribution in [1.29, 1.82) is 0 Å². The van der Waals surface area contributed by atoms with E-state index in [1.54, 1.807) is 19.3 Å². The van der Waals surface area contributed by atoms with Crippen LogP contribution in [0.1, 0.15) is 26.7 Å². The van der Waals surface area contributed by atoms with E-state index in [-0.39, 0.29) is 6.42 Å². The van der Waals surface area contributed by atoms with Gasteiger partial charge in [0.25, 0.3) is 0 Å². The molecule has 0 aliphatic rings. The second-order valence-corrected chi connectivity index (χ2v) is 2.31. The highest BCUT2D eigenvalue weighted by Gasteiger charge is 2.31. The van der Waals surface area contributed by atoms with Gasteiger partial charge in [-0.25, -0.2) is 0 Å². The molecule has 0 fully saturated rings. The van der Waals surface area contributed by atoms with E-state index >= 15 is 0 Å². The highest BCUT2D eigenvalue weighted by atomic mass is 16.5. The van der Waals surface area contributed by atoms with Crippen molar-refractivity contribution in [1.82, 2.24) is 5.48 Å². The zero-order chi connectivity index (χ0) is 8.20. The maximum Gasteiger partial charge on any atom is 0.163 e. The van der Waals surface area contributed by atoms with Crippen LogP contribution in [0.25, 0.3) is 0 Å². The van der Waals surface area contributed by atoms with Gasteiger partial charge in [0.15, 0.2) is 5.72 Å². The van der Waals surface area contributed by atoms with Crippen LogP contribution in [0.5, 0.6) is 0 Å². The Kier molecular flexibility index (Phi) is 3.81. The molecule has 0 aliphatic heterocycles. The first-order chi connectivity index (χ1) is 4.60. The van der Waals surface area contributed by atoms with Gasteiger partial charge in [-0.3, -0.25) is 0 Å². The van der Waals surface area contributed by atoms with Gasteiger partial charge in [0.05, 0.1) is 6.10 Å². The predicted molar refractivity (Wildman–Crippen MR) is 36.5 cm³/mol. The lowest BCUT2D eigenvalue weighted by Crippen LogP contribution is -2.52. The summed E-state index contributed by atoms with van der Waals surface area (Å²) in [6, 6.07) is 0. The molecule has 0 saturated heterocycles. The van der Waals surface area contributed by atoms with Gasteiger partial charge in [-0.15, -0.1) is 0 Å². The fourth-order valence-electron chi connectivity index (χ4n) is 0.727. The lowest BCUT2D eigenvalue weighted by atomic mass is 10.0. The third-order valence-electron chi connectivity index (χ3n) is 1.67. The van der Waals surface area contributed by atoms with Gasteiger partial charge >= 0.3 is 0 Å². The molecule has 0 bridgehead atoms. The number of hydroxylamine groups is 1. The summed E-state index contributed by atoms with van der Waals surface area (Å²) in [4.78, 5) is 0. The summed E-state index contributed by atoms with van der Waals surface area (Å²) >= 11 is 0. The van der Waals surface area contributed by atoms with E-state index in [9.17, 15) is 5.11 Å². The van der Waals surface area contributed by atoms with Crippen LogP contribution in [-0.2, 0) is 0 Å². The Balaban J connectivity index is 4.02. The quantitative estimate of drug-likeness (QED) is 0.331. The van der Waals surface area contributed by atoms with E-state index in [1.165, 1.54) is 0 Å². The number of aliphatic hydroxyl groups excluding tert-OH is 1. The predicted octanol–water partition coefficient (Wildman–Crippen LogP) is -0.165. The Bertz CT molecular complexity index is 93.0. The van der Waals surface area contributed by atoms with Gasteiger partial charge in [0, 0.05) is 0 Å². The van der Waals surface area contributed by atoms with Crippen LogP contribution in [-0.4, -0.2) is 27.2 Å². The standard InChI is InChI=1S/C6H15NO3/c1-3-5(8)6(9,4-2)7-10/h5,7-10H,3-4H2,1-2H3. The number of hydrogen-bond donors (Lipinski definition) is 4. The Morgan fingerprint density at radius 3 is 2.10 bits per heavy atom. The Morgan fingerprint density at radius 1 is 1.50 bits per heavy atom. The largest absolute Gasteiger partial charge is 0.389 e. The highest BCUT2D eigenvalue weighted by molar-refractivity contribution is 4.77. The molecule has 62 valence electrons. The van der Waals surface area contributed by atoms with Gasteiger partial charge in [-0.2, -0.15) is 5.48 Å². The third kappa shape index (κ3) is 1.91. The highest BCUT2D eigenvalue weighted by Crippen LogP contribution is 2.12. The van der Waals surface area contributed by atoms with Crippen molar-refractivity contribution in [2.24, 2.45) is 0 Å². The molecule has 4 nitrogen and oxygen atoms in total. The van der Waals surface area contributed by atoms with E-state index in [0.717, 1.165) is 0 Å². The molecular formula is C6H15NO3. The average Bonchev–Trinajstić information content (AvgIpc) is 2.01. The first kappa shape index (κ1) is 9.84. The van der Waals surface area contributed by atoms with Gasteiger partial charge in [-0.05, 0) is 12.8 Å². The molecule has 4 heteroatoms. The molecule has 0 saturated carbocycles. The monoisotopic (exact) mass is 149 g/mol. The number of hydrogen-bond acceptors (Lipinski definition) is 4. The van der Waals surface area contributed by atoms with E-state index in [2.05, 4.69) is 0 Å². The molecule has 2 atom stereocenters. The molecular weight excluding hydrogens is 134 g/mol. The SMILES string of the molecule is CCC(O)C(O)(CC)NO. The van der Waals surface area contributed by atoms with Crippen molar-refractivity contribution >= 4 is 0 Å². The smallest absolute Gasteiger partial charge is 0.163 e. The van der Waals surface area contributed by atoms with Crippen molar-refractivity contribution in [3.63, 3.8) is 0 Å². The summed E-state index contributed by atoms with van der Waals surface area (Å²) in [6.45, 7) is 3.39. The summed E-state index contributed by atoms with van der Waals surface area (Å²) in [7, 11) is 0. The van der Waals surface area contributed by atoms with Crippen LogP contribution in [0, 0.1) is 0 Å². The van der Waals surface area contributed by atoms with E-state index in [1.807, 2.05) is 0 Å². The lowest BCUT2D eigenvalue weighted by Gasteiger charge is -2.29. The van der Waals surface area contributed by atoms with Crippen molar-refractivity contribution in [3.8, 4) is 0 Å². The zero-order valence-electron chi connectivity index (χ0n) is 6.33. The third-order valence-corrected chi connectivity index (χ3v) is 1.67. The minimum absolute atomic E-state index is 0.262. The second-order valence-electron chi connectivity index (χ2n) is 2.31. The molecule has 0 aromatic carbocycles. The normalized spacial score (nSPS) is 20.1. The molecule has 0 rings (SSSR count).